The molecule has 0 unspecified atom stereocenters. The minimum atomic E-state index is -0.320. The van der Waals surface area contributed by atoms with Gasteiger partial charge in [0.2, 0.25) is 0 Å². The van der Waals surface area contributed by atoms with Gasteiger partial charge in [-0.3, -0.25) is 0 Å². The molecule has 0 spiro atoms. The molecule has 0 bridgehead atoms. The molecular weight excluding hydrogens is 268 g/mol. The van der Waals surface area contributed by atoms with E-state index in [2.05, 4.69) is 15.9 Å². The Hall–Kier alpha value is -0.940. The Balaban J connectivity index is 2.52. The van der Waals surface area contributed by atoms with E-state index in [0.29, 0.717) is 15.0 Å². The maximum absolute atomic E-state index is 11.2. The highest BCUT2D eigenvalue weighted by atomic mass is 79.9. The zero-order chi connectivity index (χ0) is 9.87. The van der Waals surface area contributed by atoms with E-state index in [0.717, 1.165) is 10.3 Å². The predicted molar refractivity (Wildman–Crippen MR) is 56.0 cm³/mol. The molecule has 1 aliphatic rings. The van der Waals surface area contributed by atoms with Crippen molar-refractivity contribution in [2.24, 2.45) is 0 Å². The van der Waals surface area contributed by atoms with Crippen molar-refractivity contribution in [3.63, 3.8) is 0 Å². The third-order valence-corrected chi connectivity index (χ3v) is 3.68. The minimum Gasteiger partial charge on any atom is -0.507 e. The van der Waals surface area contributed by atoms with E-state index >= 15 is 0 Å². The van der Waals surface area contributed by atoms with Crippen LogP contribution in [-0.4, -0.2) is 5.11 Å². The highest BCUT2D eigenvalue weighted by molar-refractivity contribution is 9.10. The van der Waals surface area contributed by atoms with Crippen molar-refractivity contribution in [2.75, 3.05) is 0 Å². The summed E-state index contributed by atoms with van der Waals surface area (Å²) in [6, 6.07) is 3.20. The molecule has 0 atom stereocenters. The summed E-state index contributed by atoms with van der Waals surface area (Å²) in [6.07, 6.45) is 0. The van der Waals surface area contributed by atoms with E-state index in [-0.39, 0.29) is 11.4 Å². The van der Waals surface area contributed by atoms with Gasteiger partial charge in [0.15, 0.2) is 0 Å². The Morgan fingerprint density at radius 1 is 1.36 bits per heavy atom. The minimum absolute atomic E-state index is 0.0752. The van der Waals surface area contributed by atoms with Crippen molar-refractivity contribution in [3.05, 3.63) is 27.0 Å². The van der Waals surface area contributed by atoms with Crippen LogP contribution < -0.4 is 5.63 Å². The number of hydrogen-bond acceptors (Lipinski definition) is 4. The molecule has 5 heteroatoms. The topological polar surface area (TPSA) is 50.4 Å². The monoisotopic (exact) mass is 270 g/mol. The molecule has 70 valence electrons. The van der Waals surface area contributed by atoms with Crippen LogP contribution in [0.25, 0.3) is 11.0 Å². The van der Waals surface area contributed by atoms with Crippen LogP contribution in [0, 0.1) is 0 Å². The fourth-order valence-electron chi connectivity index (χ4n) is 1.34. The maximum atomic E-state index is 11.2. The first-order valence-electron chi connectivity index (χ1n) is 3.84. The molecule has 0 amide bonds. The molecule has 0 radical (unpaired) electrons. The summed E-state index contributed by atoms with van der Waals surface area (Å²) in [4.78, 5) is 12.8. The number of halogens is 1. The number of fused-ring (bicyclic) bond motifs is 3. The summed E-state index contributed by atoms with van der Waals surface area (Å²) in [5.74, 6) is 0.0752. The van der Waals surface area contributed by atoms with Crippen LogP contribution in [0.3, 0.4) is 0 Å². The molecule has 1 N–H and O–H groups in total. The summed E-state index contributed by atoms with van der Waals surface area (Å²) >= 11 is 4.63. The SMILES string of the molecule is O=c1oc2cc(O)c(Br)cc2c2c1S2. The molecule has 1 aromatic carbocycles. The van der Waals surface area contributed by atoms with Gasteiger partial charge < -0.3 is 9.52 Å². The maximum Gasteiger partial charge on any atom is 0.351 e. The average Bonchev–Trinajstić information content (AvgIpc) is 2.89. The summed E-state index contributed by atoms with van der Waals surface area (Å²) in [6.45, 7) is 0. The van der Waals surface area contributed by atoms with Crippen molar-refractivity contribution >= 4 is 38.7 Å². The Labute approximate surface area is 90.9 Å². The zero-order valence-corrected chi connectivity index (χ0v) is 9.11. The van der Waals surface area contributed by atoms with Gasteiger partial charge in [-0.05, 0) is 22.0 Å². The molecule has 0 fully saturated rings. The third-order valence-electron chi connectivity index (χ3n) is 2.05. The number of phenolic OH excluding ortho intramolecular Hbond substituents is 1. The van der Waals surface area contributed by atoms with Crippen molar-refractivity contribution < 1.29 is 9.52 Å². The highest BCUT2D eigenvalue weighted by Gasteiger charge is 2.28. The van der Waals surface area contributed by atoms with E-state index in [4.69, 9.17) is 4.42 Å². The van der Waals surface area contributed by atoms with Gasteiger partial charge in [0.1, 0.15) is 16.2 Å². The van der Waals surface area contributed by atoms with Gasteiger partial charge in [0.25, 0.3) is 0 Å². The summed E-state index contributed by atoms with van der Waals surface area (Å²) < 4.78 is 5.63. The second-order valence-electron chi connectivity index (χ2n) is 2.95. The number of aromatic hydroxyl groups is 1. The Morgan fingerprint density at radius 3 is 2.93 bits per heavy atom. The van der Waals surface area contributed by atoms with E-state index in [1.807, 2.05) is 0 Å². The van der Waals surface area contributed by atoms with Crippen molar-refractivity contribution in [1.29, 1.82) is 0 Å². The summed E-state index contributed by atoms with van der Waals surface area (Å²) in [7, 11) is 0. The average molecular weight is 271 g/mol. The van der Waals surface area contributed by atoms with Crippen LogP contribution in [0.2, 0.25) is 0 Å². The largest absolute Gasteiger partial charge is 0.507 e. The smallest absolute Gasteiger partial charge is 0.351 e. The van der Waals surface area contributed by atoms with Gasteiger partial charge in [-0.2, -0.15) is 0 Å². The first kappa shape index (κ1) is 8.38. The fraction of sp³-hybridized carbons (Fsp3) is 0. The lowest BCUT2D eigenvalue weighted by Gasteiger charge is -1.98. The van der Waals surface area contributed by atoms with E-state index in [1.54, 1.807) is 6.07 Å². The number of phenols is 1. The lowest BCUT2D eigenvalue weighted by molar-refractivity contribution is 0.469. The van der Waals surface area contributed by atoms with Crippen LogP contribution in [0.4, 0.5) is 0 Å². The Morgan fingerprint density at radius 2 is 2.14 bits per heavy atom. The molecule has 0 saturated carbocycles. The Bertz CT molecular complexity index is 617. The second kappa shape index (κ2) is 2.55. The van der Waals surface area contributed by atoms with Crippen molar-refractivity contribution in [2.45, 2.75) is 9.79 Å². The van der Waals surface area contributed by atoms with Crippen LogP contribution in [-0.2, 0) is 0 Å². The van der Waals surface area contributed by atoms with Gasteiger partial charge in [0.05, 0.1) is 4.47 Å². The molecule has 0 saturated heterocycles. The molecule has 0 aliphatic carbocycles. The molecule has 2 heterocycles. The molecule has 2 aromatic rings. The quantitative estimate of drug-likeness (QED) is 0.504. The summed E-state index contributed by atoms with van der Waals surface area (Å²) in [5, 5.41) is 10.3. The van der Waals surface area contributed by atoms with Crippen LogP contribution in [0.5, 0.6) is 5.75 Å². The van der Waals surface area contributed by atoms with E-state index < -0.39 is 0 Å². The van der Waals surface area contributed by atoms with E-state index in [1.165, 1.54) is 17.8 Å². The first-order chi connectivity index (χ1) is 6.66. The number of hydrogen-bond donors (Lipinski definition) is 1. The van der Waals surface area contributed by atoms with Gasteiger partial charge in [-0.15, -0.1) is 0 Å². The lowest BCUT2D eigenvalue weighted by Crippen LogP contribution is -1.94. The van der Waals surface area contributed by atoms with Crippen LogP contribution in [0.1, 0.15) is 0 Å². The normalized spacial score (nSPS) is 12.9. The van der Waals surface area contributed by atoms with Gasteiger partial charge >= 0.3 is 5.63 Å². The van der Waals surface area contributed by atoms with Gasteiger partial charge in [0, 0.05) is 16.3 Å². The predicted octanol–water partition coefficient (Wildman–Crippen LogP) is 2.73. The third kappa shape index (κ3) is 1.02. The standard InChI is InChI=1S/C9H3BrO3S/c10-4-1-3-6(2-5(4)11)13-9(12)8-7(3)14-8/h1-2,11H. The zero-order valence-electron chi connectivity index (χ0n) is 6.70. The number of benzene rings is 1. The fourth-order valence-corrected chi connectivity index (χ4v) is 2.42. The molecule has 1 aromatic heterocycles. The van der Waals surface area contributed by atoms with Crippen molar-refractivity contribution in [3.8, 4) is 5.75 Å². The lowest BCUT2D eigenvalue weighted by atomic mass is 10.2. The van der Waals surface area contributed by atoms with E-state index in [9.17, 15) is 9.90 Å². The van der Waals surface area contributed by atoms with Gasteiger partial charge in [-0.1, -0.05) is 11.8 Å². The Kier molecular flexibility index (Phi) is 1.52. The molecule has 3 rings (SSSR count). The molecule has 14 heavy (non-hydrogen) atoms. The highest BCUT2D eigenvalue weighted by Crippen LogP contribution is 2.50. The number of rotatable bonds is 0. The first-order valence-corrected chi connectivity index (χ1v) is 5.45. The van der Waals surface area contributed by atoms with Crippen LogP contribution >= 0.6 is 27.7 Å². The van der Waals surface area contributed by atoms with Crippen molar-refractivity contribution in [1.82, 2.24) is 0 Å². The summed E-state index contributed by atoms with van der Waals surface area (Å²) in [5.41, 5.74) is 0.110. The van der Waals surface area contributed by atoms with Gasteiger partial charge in [-0.25, -0.2) is 4.79 Å². The molecule has 1 aliphatic heterocycles. The molecule has 3 nitrogen and oxygen atoms in total. The van der Waals surface area contributed by atoms with Crippen LogP contribution in [0.15, 0.2) is 35.6 Å². The second-order valence-corrected chi connectivity index (χ2v) is 4.82. The molecular formula is C9H3BrO3S.